The quantitative estimate of drug-likeness (QED) is 0.824. The minimum Gasteiger partial charge on any atom is -0.311 e. The highest BCUT2D eigenvalue weighted by Crippen LogP contribution is 2.20. The van der Waals surface area contributed by atoms with Crippen molar-refractivity contribution in [3.63, 3.8) is 0 Å². The van der Waals surface area contributed by atoms with Crippen LogP contribution in [0.3, 0.4) is 0 Å². The molecule has 1 N–H and O–H groups in total. The summed E-state index contributed by atoms with van der Waals surface area (Å²) in [5.41, 5.74) is 1.76. The molecule has 0 amide bonds. The molecular weight excluding hydrogens is 267 g/mol. The standard InChI is InChI=1S/C14H16F3N3/c15-14(16,17)8-4-9-18-11-12-7-10-20(19-12)13-5-2-1-3-6-13/h1-3,5-7,10,18H,4,8-9,11H2. The Kier molecular flexibility index (Phi) is 4.79. The molecule has 0 bridgehead atoms. The maximum atomic E-state index is 12.0. The molecule has 0 unspecified atom stereocenters. The summed E-state index contributed by atoms with van der Waals surface area (Å²) >= 11 is 0. The molecule has 0 radical (unpaired) electrons. The zero-order valence-electron chi connectivity index (χ0n) is 10.9. The van der Waals surface area contributed by atoms with E-state index in [-0.39, 0.29) is 6.42 Å². The van der Waals surface area contributed by atoms with Crippen LogP contribution >= 0.6 is 0 Å². The van der Waals surface area contributed by atoms with E-state index in [0.29, 0.717) is 13.1 Å². The highest BCUT2D eigenvalue weighted by Gasteiger charge is 2.25. The van der Waals surface area contributed by atoms with E-state index in [9.17, 15) is 13.2 Å². The zero-order valence-corrected chi connectivity index (χ0v) is 10.9. The van der Waals surface area contributed by atoms with Gasteiger partial charge in [0.25, 0.3) is 0 Å². The predicted octanol–water partition coefficient (Wildman–Crippen LogP) is 3.30. The molecule has 2 rings (SSSR count). The molecule has 108 valence electrons. The average Bonchev–Trinajstić information content (AvgIpc) is 2.87. The van der Waals surface area contributed by atoms with Crippen molar-refractivity contribution in [2.75, 3.05) is 6.54 Å². The van der Waals surface area contributed by atoms with Crippen LogP contribution in [0.25, 0.3) is 5.69 Å². The summed E-state index contributed by atoms with van der Waals surface area (Å²) in [6.45, 7) is 0.801. The number of hydrogen-bond acceptors (Lipinski definition) is 2. The van der Waals surface area contributed by atoms with Crippen molar-refractivity contribution in [2.45, 2.75) is 25.6 Å². The Balaban J connectivity index is 1.76. The topological polar surface area (TPSA) is 29.9 Å². The third kappa shape index (κ3) is 4.70. The molecule has 2 aromatic rings. The van der Waals surface area contributed by atoms with Crippen LogP contribution in [0.15, 0.2) is 42.6 Å². The molecule has 1 aromatic heterocycles. The SMILES string of the molecule is FC(F)(F)CCCNCc1ccn(-c2ccccc2)n1. The van der Waals surface area contributed by atoms with E-state index in [1.165, 1.54) is 0 Å². The molecule has 20 heavy (non-hydrogen) atoms. The fourth-order valence-electron chi connectivity index (χ4n) is 1.81. The van der Waals surface area contributed by atoms with E-state index in [4.69, 9.17) is 0 Å². The van der Waals surface area contributed by atoms with Crippen LogP contribution in [0.2, 0.25) is 0 Å². The van der Waals surface area contributed by atoms with Gasteiger partial charge in [-0.15, -0.1) is 0 Å². The number of para-hydroxylation sites is 1. The molecule has 0 aliphatic carbocycles. The van der Waals surface area contributed by atoms with Crippen molar-refractivity contribution in [3.8, 4) is 5.69 Å². The molecule has 0 spiro atoms. The number of nitrogens with zero attached hydrogens (tertiary/aromatic N) is 2. The third-order valence-electron chi connectivity index (χ3n) is 2.78. The smallest absolute Gasteiger partial charge is 0.311 e. The van der Waals surface area contributed by atoms with E-state index in [2.05, 4.69) is 10.4 Å². The van der Waals surface area contributed by atoms with Crippen LogP contribution in [-0.4, -0.2) is 22.5 Å². The second kappa shape index (κ2) is 6.56. The Bertz CT molecular complexity index is 520. The lowest BCUT2D eigenvalue weighted by atomic mass is 10.3. The van der Waals surface area contributed by atoms with Gasteiger partial charge in [-0.05, 0) is 31.2 Å². The minimum atomic E-state index is -4.07. The van der Waals surface area contributed by atoms with Gasteiger partial charge in [-0.25, -0.2) is 4.68 Å². The van der Waals surface area contributed by atoms with Gasteiger partial charge in [0.1, 0.15) is 0 Å². The second-order valence-electron chi connectivity index (χ2n) is 4.48. The summed E-state index contributed by atoms with van der Waals surface area (Å²) in [5.74, 6) is 0. The largest absolute Gasteiger partial charge is 0.389 e. The van der Waals surface area contributed by atoms with Crippen LogP contribution in [0, 0.1) is 0 Å². The van der Waals surface area contributed by atoms with Crippen LogP contribution in [0.5, 0.6) is 0 Å². The minimum absolute atomic E-state index is 0.0862. The van der Waals surface area contributed by atoms with Crippen LogP contribution < -0.4 is 5.32 Å². The highest BCUT2D eigenvalue weighted by atomic mass is 19.4. The molecule has 0 saturated heterocycles. The number of hydrogen-bond donors (Lipinski definition) is 1. The lowest BCUT2D eigenvalue weighted by Gasteiger charge is -2.06. The highest BCUT2D eigenvalue weighted by molar-refractivity contribution is 5.30. The molecule has 0 saturated carbocycles. The first kappa shape index (κ1) is 14.6. The molecule has 0 aliphatic rings. The van der Waals surface area contributed by atoms with E-state index >= 15 is 0 Å². The number of nitrogens with one attached hydrogen (secondary N) is 1. The third-order valence-corrected chi connectivity index (χ3v) is 2.78. The van der Waals surface area contributed by atoms with Gasteiger partial charge in [0.2, 0.25) is 0 Å². The van der Waals surface area contributed by atoms with Crippen molar-refractivity contribution in [1.29, 1.82) is 0 Å². The van der Waals surface area contributed by atoms with E-state index in [1.807, 2.05) is 42.6 Å². The van der Waals surface area contributed by atoms with Crippen LogP contribution in [0.4, 0.5) is 13.2 Å². The fraction of sp³-hybridized carbons (Fsp3) is 0.357. The molecule has 1 aromatic carbocycles. The molecule has 3 nitrogen and oxygen atoms in total. The maximum Gasteiger partial charge on any atom is 0.389 e. The van der Waals surface area contributed by atoms with Gasteiger partial charge < -0.3 is 5.32 Å². The van der Waals surface area contributed by atoms with Crippen molar-refractivity contribution < 1.29 is 13.2 Å². The summed E-state index contributed by atoms with van der Waals surface area (Å²) in [6, 6.07) is 11.5. The summed E-state index contributed by atoms with van der Waals surface area (Å²) in [7, 11) is 0. The first-order valence-corrected chi connectivity index (χ1v) is 6.42. The van der Waals surface area contributed by atoms with E-state index in [1.54, 1.807) is 4.68 Å². The monoisotopic (exact) mass is 283 g/mol. The molecule has 0 fully saturated rings. The maximum absolute atomic E-state index is 12.0. The molecule has 6 heteroatoms. The van der Waals surface area contributed by atoms with Crippen LogP contribution in [0.1, 0.15) is 18.5 Å². The van der Waals surface area contributed by atoms with Crippen molar-refractivity contribution in [1.82, 2.24) is 15.1 Å². The second-order valence-corrected chi connectivity index (χ2v) is 4.48. The van der Waals surface area contributed by atoms with Gasteiger partial charge >= 0.3 is 6.18 Å². The Labute approximate surface area is 115 Å². The van der Waals surface area contributed by atoms with Gasteiger partial charge in [-0.2, -0.15) is 18.3 Å². The average molecular weight is 283 g/mol. The summed E-state index contributed by atoms with van der Waals surface area (Å²) in [4.78, 5) is 0. The first-order chi connectivity index (χ1) is 9.54. The molecular formula is C14H16F3N3. The number of alkyl halides is 3. The lowest BCUT2D eigenvalue weighted by Crippen LogP contribution is -2.18. The molecule has 1 heterocycles. The number of rotatable bonds is 6. The summed E-state index contributed by atoms with van der Waals surface area (Å²) in [6.07, 6.45) is -2.90. The molecule has 0 atom stereocenters. The number of halogens is 3. The Hall–Kier alpha value is -1.82. The van der Waals surface area contributed by atoms with Gasteiger partial charge in [0.05, 0.1) is 11.4 Å². The van der Waals surface area contributed by atoms with Crippen molar-refractivity contribution in [3.05, 3.63) is 48.3 Å². The van der Waals surface area contributed by atoms with Gasteiger partial charge in [-0.1, -0.05) is 18.2 Å². The number of aromatic nitrogens is 2. The van der Waals surface area contributed by atoms with Crippen LogP contribution in [-0.2, 0) is 6.54 Å². The Morgan fingerprint density at radius 1 is 1.10 bits per heavy atom. The Morgan fingerprint density at radius 3 is 2.55 bits per heavy atom. The summed E-state index contributed by atoms with van der Waals surface area (Å²) < 4.78 is 37.6. The summed E-state index contributed by atoms with van der Waals surface area (Å²) in [5, 5.41) is 7.32. The van der Waals surface area contributed by atoms with Crippen molar-refractivity contribution in [2.24, 2.45) is 0 Å². The van der Waals surface area contributed by atoms with Gasteiger partial charge in [-0.3, -0.25) is 0 Å². The zero-order chi connectivity index (χ0) is 14.4. The fourth-order valence-corrected chi connectivity index (χ4v) is 1.81. The normalized spacial score (nSPS) is 11.8. The molecule has 0 aliphatic heterocycles. The first-order valence-electron chi connectivity index (χ1n) is 6.42. The van der Waals surface area contributed by atoms with E-state index in [0.717, 1.165) is 11.4 Å². The number of benzene rings is 1. The van der Waals surface area contributed by atoms with Gasteiger partial charge in [0, 0.05) is 19.2 Å². The predicted molar refractivity (Wildman–Crippen MR) is 70.6 cm³/mol. The Morgan fingerprint density at radius 2 is 1.85 bits per heavy atom. The van der Waals surface area contributed by atoms with Crippen molar-refractivity contribution >= 4 is 0 Å². The van der Waals surface area contributed by atoms with E-state index < -0.39 is 12.6 Å². The van der Waals surface area contributed by atoms with Gasteiger partial charge in [0.15, 0.2) is 0 Å². The lowest BCUT2D eigenvalue weighted by molar-refractivity contribution is -0.135.